The molecule has 0 saturated carbocycles. The van der Waals surface area contributed by atoms with Crippen molar-refractivity contribution in [2.45, 2.75) is 0 Å². The van der Waals surface area contributed by atoms with E-state index in [0.29, 0.717) is 5.71 Å². The third-order valence-electron chi connectivity index (χ3n) is 7.77. The first-order chi connectivity index (χ1) is 20.7. The molecule has 0 spiro atoms. The van der Waals surface area contributed by atoms with Crippen molar-refractivity contribution < 1.29 is 8.98 Å². The fourth-order valence-electron chi connectivity index (χ4n) is 5.71. The molecular formula is C36H24N3O2P. The summed E-state index contributed by atoms with van der Waals surface area (Å²) in [5.74, 6) is 0. The number of fused-ring (bicyclic) bond motifs is 5. The lowest BCUT2D eigenvalue weighted by Gasteiger charge is -2.22. The van der Waals surface area contributed by atoms with Crippen LogP contribution in [0.15, 0.2) is 150 Å². The molecule has 6 heteroatoms. The van der Waals surface area contributed by atoms with Crippen molar-refractivity contribution in [3.63, 3.8) is 0 Å². The Morgan fingerprint density at radius 1 is 0.619 bits per heavy atom. The van der Waals surface area contributed by atoms with Gasteiger partial charge in [0.2, 0.25) is 5.71 Å². The molecule has 0 radical (unpaired) electrons. The maximum atomic E-state index is 15.4. The molecule has 0 aliphatic heterocycles. The highest BCUT2D eigenvalue weighted by Crippen LogP contribution is 2.44. The zero-order chi connectivity index (χ0) is 28.1. The molecule has 5 nitrogen and oxygen atoms in total. The van der Waals surface area contributed by atoms with Crippen LogP contribution in [-0.2, 0) is 4.57 Å². The van der Waals surface area contributed by atoms with Gasteiger partial charge in [0, 0.05) is 45.5 Å². The van der Waals surface area contributed by atoms with Crippen LogP contribution in [-0.4, -0.2) is 14.4 Å². The van der Waals surface area contributed by atoms with E-state index < -0.39 is 7.14 Å². The average molecular weight is 562 g/mol. The normalized spacial score (nSPS) is 11.9. The van der Waals surface area contributed by atoms with Gasteiger partial charge >= 0.3 is 0 Å². The van der Waals surface area contributed by atoms with Crippen LogP contribution in [0.4, 0.5) is 0 Å². The van der Waals surface area contributed by atoms with Crippen molar-refractivity contribution >= 4 is 50.9 Å². The molecule has 0 atom stereocenters. The molecule has 0 aliphatic carbocycles. The lowest BCUT2D eigenvalue weighted by atomic mass is 10.0. The first-order valence-corrected chi connectivity index (χ1v) is 15.5. The lowest BCUT2D eigenvalue weighted by molar-refractivity contribution is 0.592. The Kier molecular flexibility index (Phi) is 5.66. The van der Waals surface area contributed by atoms with Crippen LogP contribution >= 0.6 is 7.14 Å². The second kappa shape index (κ2) is 9.69. The van der Waals surface area contributed by atoms with Crippen molar-refractivity contribution in [2.75, 3.05) is 0 Å². The summed E-state index contributed by atoms with van der Waals surface area (Å²) in [4.78, 5) is 9.22. The van der Waals surface area contributed by atoms with Gasteiger partial charge in [-0.1, -0.05) is 78.9 Å². The van der Waals surface area contributed by atoms with Gasteiger partial charge in [0.25, 0.3) is 0 Å². The Labute approximate surface area is 242 Å². The molecule has 0 fully saturated rings. The minimum Gasteiger partial charge on any atom is -0.437 e. The monoisotopic (exact) mass is 561 g/mol. The number of rotatable bonds is 5. The Morgan fingerprint density at radius 2 is 1.31 bits per heavy atom. The number of hydrogen-bond donors (Lipinski definition) is 0. The van der Waals surface area contributed by atoms with E-state index in [0.717, 1.165) is 60.3 Å². The average Bonchev–Trinajstić information content (AvgIpc) is 3.61. The summed E-state index contributed by atoms with van der Waals surface area (Å²) in [5, 5.41) is 3.33. The molecule has 4 aromatic heterocycles. The predicted octanol–water partition coefficient (Wildman–Crippen LogP) is 7.60. The van der Waals surface area contributed by atoms with Crippen molar-refractivity contribution in [3.8, 4) is 22.3 Å². The van der Waals surface area contributed by atoms with Gasteiger partial charge in [0.05, 0.1) is 0 Å². The number of nitrogens with zero attached hydrogens (tertiary/aromatic N) is 3. The summed E-state index contributed by atoms with van der Waals surface area (Å²) < 4.78 is 23.6. The summed E-state index contributed by atoms with van der Waals surface area (Å²) in [6.45, 7) is 0. The summed E-state index contributed by atoms with van der Waals surface area (Å²) in [6, 6.07) is 41.7. The number of benzene rings is 4. The number of pyridine rings is 2. The second-order valence-corrected chi connectivity index (χ2v) is 13.1. The largest absolute Gasteiger partial charge is 0.437 e. The van der Waals surface area contributed by atoms with Gasteiger partial charge in [-0.05, 0) is 65.2 Å². The molecule has 4 aromatic carbocycles. The van der Waals surface area contributed by atoms with E-state index in [1.54, 1.807) is 6.20 Å². The predicted molar refractivity (Wildman–Crippen MR) is 171 cm³/mol. The second-order valence-electron chi connectivity index (χ2n) is 10.3. The summed E-state index contributed by atoms with van der Waals surface area (Å²) >= 11 is 0. The minimum atomic E-state index is -3.22. The molecule has 0 aliphatic rings. The van der Waals surface area contributed by atoms with Gasteiger partial charge in [0.1, 0.15) is 16.7 Å². The van der Waals surface area contributed by atoms with E-state index in [-0.39, 0.29) is 0 Å². The minimum absolute atomic E-state index is 0.705. The van der Waals surface area contributed by atoms with E-state index in [2.05, 4.69) is 35.4 Å². The van der Waals surface area contributed by atoms with Crippen molar-refractivity contribution in [1.29, 1.82) is 0 Å². The third kappa shape index (κ3) is 3.90. The maximum absolute atomic E-state index is 15.4. The van der Waals surface area contributed by atoms with Gasteiger partial charge in [-0.2, -0.15) is 0 Å². The van der Waals surface area contributed by atoms with Crippen LogP contribution in [0.5, 0.6) is 0 Å². The van der Waals surface area contributed by atoms with Gasteiger partial charge in [-0.15, -0.1) is 0 Å². The van der Waals surface area contributed by atoms with Gasteiger partial charge < -0.3 is 8.98 Å². The van der Waals surface area contributed by atoms with Crippen molar-refractivity contribution in [1.82, 2.24) is 14.4 Å². The molecule has 0 amide bonds. The van der Waals surface area contributed by atoms with E-state index in [1.165, 1.54) is 0 Å². The summed E-state index contributed by atoms with van der Waals surface area (Å²) in [7, 11) is -3.22. The van der Waals surface area contributed by atoms with E-state index in [4.69, 9.17) is 9.40 Å². The number of para-hydroxylation sites is 1. The summed E-state index contributed by atoms with van der Waals surface area (Å²) in [5.41, 5.74) is 6.96. The Hall–Kier alpha value is -5.25. The zero-order valence-corrected chi connectivity index (χ0v) is 23.4. The van der Waals surface area contributed by atoms with Crippen molar-refractivity contribution in [2.24, 2.45) is 0 Å². The van der Waals surface area contributed by atoms with Crippen LogP contribution in [0, 0.1) is 0 Å². The topological polar surface area (TPSA) is 60.4 Å². The first-order valence-electron chi connectivity index (χ1n) is 13.8. The van der Waals surface area contributed by atoms with E-state index in [9.17, 15) is 0 Å². The molecule has 42 heavy (non-hydrogen) atoms. The SMILES string of the molecule is O=P(c1ccccc1)(c1ccccc1)c1cc(-c2cccnc2)cc(-c2ccc3nc4c5ccccc5oc4n3c2)c1. The summed E-state index contributed by atoms with van der Waals surface area (Å²) in [6.07, 6.45) is 5.66. The fraction of sp³-hybridized carbons (Fsp3) is 0. The molecule has 0 unspecified atom stereocenters. The Balaban J connectivity index is 1.39. The molecule has 4 heterocycles. The van der Waals surface area contributed by atoms with E-state index in [1.807, 2.05) is 114 Å². The molecule has 8 aromatic rings. The number of furan rings is 1. The molecule has 0 saturated heterocycles. The first kappa shape index (κ1) is 24.5. The van der Waals surface area contributed by atoms with Crippen LogP contribution in [0.3, 0.4) is 0 Å². The number of hydrogen-bond acceptors (Lipinski definition) is 4. The van der Waals surface area contributed by atoms with Gasteiger partial charge in [-0.3, -0.25) is 9.38 Å². The van der Waals surface area contributed by atoms with Gasteiger partial charge in [-0.25, -0.2) is 4.98 Å². The molecular weight excluding hydrogens is 537 g/mol. The lowest BCUT2D eigenvalue weighted by Crippen LogP contribution is -2.25. The molecule has 0 bridgehead atoms. The molecule has 200 valence electrons. The molecule has 0 N–H and O–H groups in total. The quantitative estimate of drug-likeness (QED) is 0.203. The van der Waals surface area contributed by atoms with Crippen LogP contribution in [0.2, 0.25) is 0 Å². The van der Waals surface area contributed by atoms with Gasteiger partial charge in [0.15, 0.2) is 7.14 Å². The molecule has 8 rings (SSSR count). The highest BCUT2D eigenvalue weighted by atomic mass is 31.2. The van der Waals surface area contributed by atoms with Crippen LogP contribution in [0.25, 0.3) is 50.1 Å². The maximum Gasteiger partial charge on any atom is 0.232 e. The highest BCUT2D eigenvalue weighted by Gasteiger charge is 2.30. The van der Waals surface area contributed by atoms with Crippen LogP contribution in [0.1, 0.15) is 0 Å². The zero-order valence-electron chi connectivity index (χ0n) is 22.5. The van der Waals surface area contributed by atoms with Crippen molar-refractivity contribution in [3.05, 3.63) is 146 Å². The highest BCUT2D eigenvalue weighted by molar-refractivity contribution is 7.85. The fourth-order valence-corrected chi connectivity index (χ4v) is 8.43. The Morgan fingerprint density at radius 3 is 2.02 bits per heavy atom. The Bertz CT molecular complexity index is 2230. The van der Waals surface area contributed by atoms with E-state index >= 15 is 4.57 Å². The third-order valence-corrected chi connectivity index (χ3v) is 10.8. The number of aromatic nitrogens is 3. The smallest absolute Gasteiger partial charge is 0.232 e. The standard InChI is InChI=1S/C36H24N3O2P/c40-42(29-11-3-1-4-12-29,30-13-5-2-6-14-30)31-21-27(25-10-9-19-37-23-25)20-28(22-31)26-17-18-34-38-35-32-15-7-8-16-33(32)41-36(35)39(34)24-26/h1-24H. The number of imidazole rings is 1. The van der Waals surface area contributed by atoms with Crippen LogP contribution < -0.4 is 15.9 Å².